The van der Waals surface area contributed by atoms with E-state index in [9.17, 15) is 4.79 Å². The molecule has 1 aromatic heterocycles. The Morgan fingerprint density at radius 1 is 1.18 bits per heavy atom. The number of carbonyl (C=O) groups is 1. The molecule has 0 radical (unpaired) electrons. The number of benzene rings is 1. The van der Waals surface area contributed by atoms with Crippen molar-refractivity contribution in [3.8, 4) is 11.3 Å². The summed E-state index contributed by atoms with van der Waals surface area (Å²) in [7, 11) is 0. The topological polar surface area (TPSA) is 54.3 Å². The number of aryl methyl sites for hydroxylation is 1. The molecule has 2 heterocycles. The minimum atomic E-state index is -0.101. The third-order valence-corrected chi connectivity index (χ3v) is 4.85. The molecular weight excluding hydrogens is 276 g/mol. The van der Waals surface area contributed by atoms with Crippen molar-refractivity contribution < 1.29 is 9.21 Å². The predicted octanol–water partition coefficient (Wildman–Crippen LogP) is 2.74. The number of rotatable bonds is 3. The molecule has 2 aromatic rings. The fourth-order valence-corrected chi connectivity index (χ4v) is 3.58. The lowest BCUT2D eigenvalue weighted by Crippen LogP contribution is -2.44. The highest BCUT2D eigenvalue weighted by atomic mass is 16.3. The second kappa shape index (κ2) is 5.29. The van der Waals surface area contributed by atoms with Gasteiger partial charge < -0.3 is 15.1 Å². The Bertz CT molecular complexity index is 689. The van der Waals surface area contributed by atoms with Gasteiger partial charge in [0.15, 0.2) is 5.76 Å². The number of hydrogen-bond acceptors (Lipinski definition) is 3. The van der Waals surface area contributed by atoms with Gasteiger partial charge in [-0.3, -0.25) is 4.79 Å². The van der Waals surface area contributed by atoms with Crippen LogP contribution in [0.2, 0.25) is 0 Å². The minimum absolute atomic E-state index is 0.101. The average molecular weight is 296 g/mol. The summed E-state index contributed by atoms with van der Waals surface area (Å²) in [4.78, 5) is 12.4. The van der Waals surface area contributed by atoms with Crippen LogP contribution in [0.4, 0.5) is 0 Å². The second-order valence-electron chi connectivity index (χ2n) is 6.45. The van der Waals surface area contributed by atoms with Crippen molar-refractivity contribution in [2.45, 2.75) is 31.8 Å². The molecule has 1 aromatic carbocycles. The number of fused-ring (bicyclic) bond motifs is 2. The molecule has 1 saturated heterocycles. The fourth-order valence-electron chi connectivity index (χ4n) is 3.58. The van der Waals surface area contributed by atoms with Crippen LogP contribution in [0.1, 0.15) is 29.0 Å². The van der Waals surface area contributed by atoms with Crippen LogP contribution >= 0.6 is 0 Å². The Kier molecular flexibility index (Phi) is 3.26. The van der Waals surface area contributed by atoms with Crippen LogP contribution < -0.4 is 10.6 Å². The molecule has 4 rings (SSSR count). The monoisotopic (exact) mass is 296 g/mol. The number of nitrogens with one attached hydrogen (secondary N) is 2. The molecule has 1 amide bonds. The molecule has 2 N–H and O–H groups in total. The van der Waals surface area contributed by atoms with E-state index in [1.807, 2.05) is 30.3 Å². The SMILES string of the molecule is Cc1ccc(-c2ccc(C(=O)NC3CC4CC3CN4)o2)cc1. The maximum absolute atomic E-state index is 12.4. The summed E-state index contributed by atoms with van der Waals surface area (Å²) in [6.07, 6.45) is 2.21. The zero-order valence-electron chi connectivity index (χ0n) is 12.6. The van der Waals surface area contributed by atoms with E-state index in [-0.39, 0.29) is 11.9 Å². The number of carbonyl (C=O) groups excluding carboxylic acids is 1. The highest BCUT2D eigenvalue weighted by molar-refractivity contribution is 5.92. The first kappa shape index (κ1) is 13.6. The van der Waals surface area contributed by atoms with Crippen molar-refractivity contribution in [1.29, 1.82) is 0 Å². The van der Waals surface area contributed by atoms with Crippen molar-refractivity contribution in [3.63, 3.8) is 0 Å². The first-order valence-electron chi connectivity index (χ1n) is 7.90. The smallest absolute Gasteiger partial charge is 0.287 e. The largest absolute Gasteiger partial charge is 0.451 e. The van der Waals surface area contributed by atoms with Crippen LogP contribution in [0.5, 0.6) is 0 Å². The molecule has 4 nitrogen and oxygen atoms in total. The third kappa shape index (κ3) is 2.44. The molecule has 3 unspecified atom stereocenters. The van der Waals surface area contributed by atoms with Crippen molar-refractivity contribution in [3.05, 3.63) is 47.7 Å². The molecule has 22 heavy (non-hydrogen) atoms. The van der Waals surface area contributed by atoms with Gasteiger partial charge in [-0.25, -0.2) is 0 Å². The zero-order valence-corrected chi connectivity index (χ0v) is 12.6. The Hall–Kier alpha value is -2.07. The molecule has 3 atom stereocenters. The number of hydrogen-bond donors (Lipinski definition) is 2. The summed E-state index contributed by atoms with van der Waals surface area (Å²) in [6, 6.07) is 12.6. The summed E-state index contributed by atoms with van der Waals surface area (Å²) in [6.45, 7) is 3.07. The van der Waals surface area contributed by atoms with Crippen LogP contribution in [-0.2, 0) is 0 Å². The van der Waals surface area contributed by atoms with Gasteiger partial charge in [0.05, 0.1) is 0 Å². The zero-order chi connectivity index (χ0) is 15.1. The number of amides is 1. The summed E-state index contributed by atoms with van der Waals surface area (Å²) in [5.74, 6) is 1.60. The molecule has 2 fully saturated rings. The molecule has 1 saturated carbocycles. The molecule has 114 valence electrons. The maximum atomic E-state index is 12.4. The summed E-state index contributed by atoms with van der Waals surface area (Å²) in [5.41, 5.74) is 2.20. The second-order valence-corrected chi connectivity index (χ2v) is 6.45. The van der Waals surface area contributed by atoms with E-state index in [0.29, 0.717) is 17.7 Å². The lowest BCUT2D eigenvalue weighted by atomic mass is 10.0. The van der Waals surface area contributed by atoms with Gasteiger partial charge in [-0.05, 0) is 37.8 Å². The van der Waals surface area contributed by atoms with E-state index in [2.05, 4.69) is 17.6 Å². The van der Waals surface area contributed by atoms with Gasteiger partial charge in [0, 0.05) is 24.2 Å². The van der Waals surface area contributed by atoms with Crippen molar-refractivity contribution in [1.82, 2.24) is 10.6 Å². The third-order valence-electron chi connectivity index (χ3n) is 4.85. The molecule has 4 heteroatoms. The van der Waals surface area contributed by atoms with Crippen LogP contribution in [0.15, 0.2) is 40.8 Å². The molecular formula is C18H20N2O2. The molecule has 0 spiro atoms. The van der Waals surface area contributed by atoms with Crippen molar-refractivity contribution in [2.75, 3.05) is 6.54 Å². The van der Waals surface area contributed by atoms with E-state index in [0.717, 1.165) is 24.3 Å². The summed E-state index contributed by atoms with van der Waals surface area (Å²) >= 11 is 0. The molecule has 1 aliphatic heterocycles. The average Bonchev–Trinajstić information content (AvgIpc) is 3.24. The highest BCUT2D eigenvalue weighted by Gasteiger charge is 2.40. The Morgan fingerprint density at radius 2 is 2.00 bits per heavy atom. The maximum Gasteiger partial charge on any atom is 0.287 e. The quantitative estimate of drug-likeness (QED) is 0.915. The molecule has 1 aliphatic carbocycles. The minimum Gasteiger partial charge on any atom is -0.451 e. The lowest BCUT2D eigenvalue weighted by Gasteiger charge is -2.22. The van der Waals surface area contributed by atoms with Gasteiger partial charge in [0.25, 0.3) is 5.91 Å². The standard InChI is InChI=1S/C18H20N2O2/c1-11-2-4-12(5-3-11)16-6-7-17(22-16)18(21)20-15-9-14-8-13(15)10-19-14/h2-7,13-15,19H,8-10H2,1H3,(H,20,21). The van der Waals surface area contributed by atoms with Gasteiger partial charge in [0.1, 0.15) is 5.76 Å². The van der Waals surface area contributed by atoms with Crippen LogP contribution in [0, 0.1) is 12.8 Å². The van der Waals surface area contributed by atoms with Crippen LogP contribution in [-0.4, -0.2) is 24.5 Å². The molecule has 2 aliphatic rings. The van der Waals surface area contributed by atoms with Crippen molar-refractivity contribution in [2.24, 2.45) is 5.92 Å². The summed E-state index contributed by atoms with van der Waals surface area (Å²) in [5, 5.41) is 6.58. The predicted molar refractivity (Wildman–Crippen MR) is 84.6 cm³/mol. The van der Waals surface area contributed by atoms with Crippen LogP contribution in [0.25, 0.3) is 11.3 Å². The molecule has 2 bridgehead atoms. The first-order valence-corrected chi connectivity index (χ1v) is 7.90. The van der Waals surface area contributed by atoms with E-state index < -0.39 is 0 Å². The van der Waals surface area contributed by atoms with Gasteiger partial charge in [-0.15, -0.1) is 0 Å². The van der Waals surface area contributed by atoms with Crippen molar-refractivity contribution >= 4 is 5.91 Å². The van der Waals surface area contributed by atoms with Gasteiger partial charge >= 0.3 is 0 Å². The van der Waals surface area contributed by atoms with Gasteiger partial charge in [-0.2, -0.15) is 0 Å². The highest BCUT2D eigenvalue weighted by Crippen LogP contribution is 2.31. The Labute approximate surface area is 129 Å². The van der Waals surface area contributed by atoms with Gasteiger partial charge in [0.2, 0.25) is 0 Å². The fraction of sp³-hybridized carbons (Fsp3) is 0.389. The van der Waals surface area contributed by atoms with Crippen LogP contribution in [0.3, 0.4) is 0 Å². The van der Waals surface area contributed by atoms with E-state index in [1.165, 1.54) is 12.0 Å². The summed E-state index contributed by atoms with van der Waals surface area (Å²) < 4.78 is 5.73. The number of furan rings is 1. The lowest BCUT2D eigenvalue weighted by molar-refractivity contribution is 0.0897. The van der Waals surface area contributed by atoms with E-state index in [1.54, 1.807) is 6.07 Å². The Morgan fingerprint density at radius 3 is 2.68 bits per heavy atom. The van der Waals surface area contributed by atoms with E-state index >= 15 is 0 Å². The first-order chi connectivity index (χ1) is 10.7. The van der Waals surface area contributed by atoms with E-state index in [4.69, 9.17) is 4.42 Å². The van der Waals surface area contributed by atoms with Gasteiger partial charge in [-0.1, -0.05) is 29.8 Å². The Balaban J connectivity index is 1.46. The normalized spacial score (nSPS) is 26.3. The number of piperidine rings is 1.